The monoisotopic (exact) mass is 288 g/mol. The predicted molar refractivity (Wildman–Crippen MR) is 84.1 cm³/mol. The largest absolute Gasteiger partial charge is 0.398 e. The van der Waals surface area contributed by atoms with Crippen LogP contribution in [0.15, 0.2) is 42.5 Å². The molecule has 104 valence electrons. The molecule has 3 nitrogen and oxygen atoms in total. The van der Waals surface area contributed by atoms with Crippen molar-refractivity contribution in [2.75, 3.05) is 11.1 Å². The van der Waals surface area contributed by atoms with Gasteiger partial charge in [0.05, 0.1) is 16.6 Å². The second-order valence-electron chi connectivity index (χ2n) is 4.81. The molecule has 4 heteroatoms. The molecule has 0 bridgehead atoms. The number of rotatable bonds is 3. The van der Waals surface area contributed by atoms with Gasteiger partial charge in [0.15, 0.2) is 0 Å². The van der Waals surface area contributed by atoms with Crippen LogP contribution in [0.4, 0.5) is 11.4 Å². The Labute approximate surface area is 123 Å². The number of nitrogens with one attached hydrogen (secondary N) is 1. The third kappa shape index (κ3) is 3.11. The number of amides is 1. The SMILES string of the molecule is Cc1cc(N)c(Cl)cc1NC(=O)C(C)c1ccccc1. The molecular weight excluding hydrogens is 272 g/mol. The van der Waals surface area contributed by atoms with E-state index in [0.29, 0.717) is 16.4 Å². The first-order valence-corrected chi connectivity index (χ1v) is 6.78. The van der Waals surface area contributed by atoms with Crippen LogP contribution in [0.3, 0.4) is 0 Å². The highest BCUT2D eigenvalue weighted by atomic mass is 35.5. The third-order valence-electron chi connectivity index (χ3n) is 3.29. The summed E-state index contributed by atoms with van der Waals surface area (Å²) in [6.45, 7) is 3.76. The maximum absolute atomic E-state index is 12.3. The quantitative estimate of drug-likeness (QED) is 0.840. The molecule has 20 heavy (non-hydrogen) atoms. The van der Waals surface area contributed by atoms with Gasteiger partial charge in [0.1, 0.15) is 0 Å². The van der Waals surface area contributed by atoms with E-state index in [1.54, 1.807) is 12.1 Å². The first kappa shape index (κ1) is 14.4. The highest BCUT2D eigenvalue weighted by molar-refractivity contribution is 6.33. The summed E-state index contributed by atoms with van der Waals surface area (Å²) in [4.78, 5) is 12.3. The molecular formula is C16H17ClN2O. The Balaban J connectivity index is 2.18. The molecule has 0 saturated heterocycles. The molecule has 0 aliphatic rings. The van der Waals surface area contributed by atoms with Gasteiger partial charge in [-0.2, -0.15) is 0 Å². The van der Waals surface area contributed by atoms with Crippen LogP contribution in [0.5, 0.6) is 0 Å². The number of carbonyl (C=O) groups excluding carboxylic acids is 1. The lowest BCUT2D eigenvalue weighted by Crippen LogP contribution is -2.19. The average Bonchev–Trinajstić information content (AvgIpc) is 2.44. The van der Waals surface area contributed by atoms with Gasteiger partial charge in [0.25, 0.3) is 0 Å². The van der Waals surface area contributed by atoms with E-state index >= 15 is 0 Å². The fourth-order valence-corrected chi connectivity index (χ4v) is 2.14. The van der Waals surface area contributed by atoms with Crippen molar-refractivity contribution < 1.29 is 4.79 Å². The molecule has 2 aromatic carbocycles. The summed E-state index contributed by atoms with van der Waals surface area (Å²) in [6.07, 6.45) is 0. The van der Waals surface area contributed by atoms with Crippen molar-refractivity contribution >= 4 is 28.9 Å². The highest BCUT2D eigenvalue weighted by Crippen LogP contribution is 2.27. The van der Waals surface area contributed by atoms with Crippen molar-refractivity contribution in [3.8, 4) is 0 Å². The van der Waals surface area contributed by atoms with Crippen molar-refractivity contribution in [3.63, 3.8) is 0 Å². The number of halogens is 1. The number of hydrogen-bond donors (Lipinski definition) is 2. The molecule has 1 atom stereocenters. The van der Waals surface area contributed by atoms with Crippen molar-refractivity contribution in [1.29, 1.82) is 0 Å². The van der Waals surface area contributed by atoms with Gasteiger partial charge in [-0.05, 0) is 37.1 Å². The third-order valence-corrected chi connectivity index (χ3v) is 3.62. The Bertz CT molecular complexity index is 626. The van der Waals surface area contributed by atoms with Crippen LogP contribution in [0.25, 0.3) is 0 Å². The molecule has 2 aromatic rings. The molecule has 0 saturated carbocycles. The minimum absolute atomic E-state index is 0.0693. The second-order valence-corrected chi connectivity index (χ2v) is 5.22. The van der Waals surface area contributed by atoms with Gasteiger partial charge in [-0.1, -0.05) is 41.9 Å². The van der Waals surface area contributed by atoms with E-state index in [1.165, 1.54) is 0 Å². The fourth-order valence-electron chi connectivity index (χ4n) is 1.97. The first-order valence-electron chi connectivity index (χ1n) is 6.40. The minimum atomic E-state index is -0.230. The van der Waals surface area contributed by atoms with Gasteiger partial charge in [-0.3, -0.25) is 4.79 Å². The van der Waals surface area contributed by atoms with Gasteiger partial charge in [0, 0.05) is 5.69 Å². The molecule has 0 aromatic heterocycles. The number of benzene rings is 2. The van der Waals surface area contributed by atoms with Crippen molar-refractivity contribution in [2.24, 2.45) is 0 Å². The maximum atomic E-state index is 12.3. The van der Waals surface area contributed by atoms with Crippen LogP contribution in [0.1, 0.15) is 24.0 Å². The molecule has 1 amide bonds. The summed E-state index contributed by atoms with van der Waals surface area (Å²) >= 11 is 5.99. The molecule has 0 aliphatic heterocycles. The number of anilines is 2. The molecule has 0 spiro atoms. The average molecular weight is 289 g/mol. The molecule has 3 N–H and O–H groups in total. The molecule has 0 heterocycles. The lowest BCUT2D eigenvalue weighted by atomic mass is 10.0. The number of nitrogen functional groups attached to an aromatic ring is 1. The first-order chi connectivity index (χ1) is 9.49. The molecule has 0 aliphatic carbocycles. The zero-order valence-electron chi connectivity index (χ0n) is 11.5. The molecule has 2 rings (SSSR count). The summed E-state index contributed by atoms with van der Waals surface area (Å²) < 4.78 is 0. The van der Waals surface area contributed by atoms with Gasteiger partial charge >= 0.3 is 0 Å². The van der Waals surface area contributed by atoms with Crippen LogP contribution in [-0.2, 0) is 4.79 Å². The number of nitrogens with two attached hydrogens (primary N) is 1. The summed E-state index contributed by atoms with van der Waals surface area (Å²) in [5.41, 5.74) is 8.80. The zero-order valence-corrected chi connectivity index (χ0v) is 12.2. The maximum Gasteiger partial charge on any atom is 0.231 e. The van der Waals surface area contributed by atoms with Crippen molar-refractivity contribution in [3.05, 3.63) is 58.6 Å². The number of hydrogen-bond acceptors (Lipinski definition) is 2. The van der Waals surface area contributed by atoms with Gasteiger partial charge in [-0.25, -0.2) is 0 Å². The van der Waals surface area contributed by atoms with Crippen molar-refractivity contribution in [2.45, 2.75) is 19.8 Å². The minimum Gasteiger partial charge on any atom is -0.398 e. The molecule has 1 unspecified atom stereocenters. The zero-order chi connectivity index (χ0) is 14.7. The van der Waals surface area contributed by atoms with Crippen LogP contribution in [0, 0.1) is 6.92 Å². The van der Waals surface area contributed by atoms with E-state index in [2.05, 4.69) is 5.32 Å². The lowest BCUT2D eigenvalue weighted by molar-refractivity contribution is -0.117. The Morgan fingerprint density at radius 2 is 1.90 bits per heavy atom. The Morgan fingerprint density at radius 1 is 1.25 bits per heavy atom. The van der Waals surface area contributed by atoms with E-state index in [0.717, 1.165) is 11.1 Å². The van der Waals surface area contributed by atoms with Crippen molar-refractivity contribution in [1.82, 2.24) is 0 Å². The van der Waals surface area contributed by atoms with E-state index in [4.69, 9.17) is 17.3 Å². The second kappa shape index (κ2) is 5.97. The van der Waals surface area contributed by atoms with E-state index in [1.807, 2.05) is 44.2 Å². The smallest absolute Gasteiger partial charge is 0.231 e. The topological polar surface area (TPSA) is 55.1 Å². The Hall–Kier alpha value is -2.00. The van der Waals surface area contributed by atoms with Crippen LogP contribution < -0.4 is 11.1 Å². The van der Waals surface area contributed by atoms with Crippen LogP contribution >= 0.6 is 11.6 Å². The highest BCUT2D eigenvalue weighted by Gasteiger charge is 2.16. The molecule has 0 fully saturated rings. The number of aryl methyl sites for hydroxylation is 1. The Morgan fingerprint density at radius 3 is 2.55 bits per heavy atom. The normalized spacial score (nSPS) is 11.9. The van der Waals surface area contributed by atoms with Crippen LogP contribution in [0.2, 0.25) is 5.02 Å². The van der Waals surface area contributed by atoms with Crippen LogP contribution in [-0.4, -0.2) is 5.91 Å². The lowest BCUT2D eigenvalue weighted by Gasteiger charge is -2.15. The fraction of sp³-hybridized carbons (Fsp3) is 0.188. The van der Waals surface area contributed by atoms with E-state index < -0.39 is 0 Å². The Kier molecular flexibility index (Phi) is 4.30. The van der Waals surface area contributed by atoms with Gasteiger partial charge in [-0.15, -0.1) is 0 Å². The van der Waals surface area contributed by atoms with E-state index in [-0.39, 0.29) is 11.8 Å². The van der Waals surface area contributed by atoms with Gasteiger partial charge < -0.3 is 11.1 Å². The summed E-state index contributed by atoms with van der Waals surface area (Å²) in [5, 5.41) is 3.34. The summed E-state index contributed by atoms with van der Waals surface area (Å²) in [7, 11) is 0. The number of carbonyl (C=O) groups is 1. The predicted octanol–water partition coefficient (Wildman–Crippen LogP) is 3.97. The standard InChI is InChI=1S/C16H17ClN2O/c1-10-8-14(18)13(17)9-15(10)19-16(20)11(2)12-6-4-3-5-7-12/h3-9,11H,18H2,1-2H3,(H,19,20). The van der Waals surface area contributed by atoms with E-state index in [9.17, 15) is 4.79 Å². The summed E-state index contributed by atoms with van der Waals surface area (Å²) in [6, 6.07) is 13.1. The van der Waals surface area contributed by atoms with Gasteiger partial charge in [0.2, 0.25) is 5.91 Å². The molecule has 0 radical (unpaired) electrons. The summed E-state index contributed by atoms with van der Waals surface area (Å²) in [5.74, 6) is -0.299.